The van der Waals surface area contributed by atoms with Crippen molar-refractivity contribution < 1.29 is 36.6 Å². The van der Waals surface area contributed by atoms with Gasteiger partial charge in [0.1, 0.15) is 5.82 Å². The molecule has 184 valence electrons. The number of ether oxygens (including phenoxy) is 2. The largest absolute Gasteiger partial charge is 0.481 e. The summed E-state index contributed by atoms with van der Waals surface area (Å²) in [5.41, 5.74) is -2.44. The molecule has 35 heavy (non-hydrogen) atoms. The van der Waals surface area contributed by atoms with E-state index in [9.17, 15) is 31.9 Å². The Morgan fingerprint density at radius 3 is 2.43 bits per heavy atom. The van der Waals surface area contributed by atoms with E-state index in [1.807, 2.05) is 0 Å². The molecule has 1 aromatic heterocycles. The first-order valence-corrected chi connectivity index (χ1v) is 10.2. The van der Waals surface area contributed by atoms with Crippen molar-refractivity contribution in [2.45, 2.75) is 13.1 Å². The van der Waals surface area contributed by atoms with E-state index >= 15 is 0 Å². The van der Waals surface area contributed by atoms with Gasteiger partial charge in [0.2, 0.25) is 5.69 Å². The molecule has 3 aromatic rings. The van der Waals surface area contributed by atoms with E-state index in [2.05, 4.69) is 10.4 Å². The van der Waals surface area contributed by atoms with Crippen molar-refractivity contribution in [3.8, 4) is 11.4 Å². The van der Waals surface area contributed by atoms with E-state index in [0.29, 0.717) is 6.07 Å². The lowest BCUT2D eigenvalue weighted by atomic mass is 10.2. The van der Waals surface area contributed by atoms with Gasteiger partial charge < -0.3 is 14.8 Å². The van der Waals surface area contributed by atoms with Crippen molar-refractivity contribution in [2.75, 3.05) is 18.5 Å². The number of rotatable bonds is 7. The van der Waals surface area contributed by atoms with Crippen LogP contribution in [0.15, 0.2) is 53.3 Å². The van der Waals surface area contributed by atoms with Crippen molar-refractivity contribution in [3.05, 3.63) is 81.0 Å². The molecule has 0 saturated carbocycles. The molecule has 2 aromatic carbocycles. The maximum absolute atomic E-state index is 13.2. The van der Waals surface area contributed by atoms with Gasteiger partial charge in [0.05, 0.1) is 34.6 Å². The highest BCUT2D eigenvalue weighted by Crippen LogP contribution is 2.33. The third-order valence-corrected chi connectivity index (χ3v) is 4.69. The molecule has 0 atom stereocenters. The third kappa shape index (κ3) is 6.35. The first kappa shape index (κ1) is 25.7. The molecule has 0 aliphatic rings. The fourth-order valence-corrected chi connectivity index (χ4v) is 2.95. The Labute approximate surface area is 200 Å². The fourth-order valence-electron chi connectivity index (χ4n) is 2.79. The van der Waals surface area contributed by atoms with Gasteiger partial charge in [-0.2, -0.15) is 23.0 Å². The second kappa shape index (κ2) is 10.6. The summed E-state index contributed by atoms with van der Waals surface area (Å²) < 4.78 is 62.9. The van der Waals surface area contributed by atoms with Crippen molar-refractivity contribution >= 4 is 29.2 Å². The number of hydrogen-bond acceptors (Lipinski definition) is 6. The molecule has 0 aliphatic heterocycles. The zero-order chi connectivity index (χ0) is 25.8. The van der Waals surface area contributed by atoms with E-state index in [-0.39, 0.29) is 23.0 Å². The minimum absolute atomic E-state index is 0.0375. The number of aromatic nitrogens is 2. The highest BCUT2D eigenvalue weighted by atomic mass is 35.5. The maximum atomic E-state index is 13.2. The first-order valence-electron chi connectivity index (χ1n) is 9.86. The Balaban J connectivity index is 1.85. The van der Waals surface area contributed by atoms with Crippen LogP contribution >= 0.6 is 11.6 Å². The third-order valence-electron chi connectivity index (χ3n) is 4.36. The van der Waals surface area contributed by atoms with E-state index in [1.54, 1.807) is 0 Å². The number of hydrogen-bond donors (Lipinski definition) is 1. The lowest BCUT2D eigenvalue weighted by molar-refractivity contribution is -0.137. The van der Waals surface area contributed by atoms with Crippen LogP contribution in [0.2, 0.25) is 5.02 Å². The molecule has 0 saturated heterocycles. The van der Waals surface area contributed by atoms with Gasteiger partial charge >= 0.3 is 12.1 Å². The predicted octanol–water partition coefficient (Wildman–Crippen LogP) is 4.24. The number of halogens is 5. The molecular weight excluding hydrogens is 498 g/mol. The smallest absolute Gasteiger partial charge is 0.416 e. The van der Waals surface area contributed by atoms with Crippen LogP contribution < -0.4 is 15.6 Å². The number of carbonyl (C=O) groups is 2. The Bertz CT molecular complexity index is 1310. The SMILES string of the molecule is CCOC(=O)c1nn(-c2ccc(F)cc2)c(=O)cc1OCC(=O)Nc1cc(C(F)(F)F)ccc1Cl. The van der Waals surface area contributed by atoms with Crippen LogP contribution in [0.4, 0.5) is 23.2 Å². The van der Waals surface area contributed by atoms with E-state index in [0.717, 1.165) is 35.0 Å². The summed E-state index contributed by atoms with van der Waals surface area (Å²) >= 11 is 5.85. The van der Waals surface area contributed by atoms with Gasteiger partial charge in [-0.05, 0) is 49.4 Å². The van der Waals surface area contributed by atoms with Crippen LogP contribution in [0.5, 0.6) is 5.75 Å². The summed E-state index contributed by atoms with van der Waals surface area (Å²) in [6, 6.07) is 7.92. The van der Waals surface area contributed by atoms with Crippen LogP contribution in [0, 0.1) is 5.82 Å². The number of amides is 1. The van der Waals surface area contributed by atoms with Crippen molar-refractivity contribution in [3.63, 3.8) is 0 Å². The summed E-state index contributed by atoms with van der Waals surface area (Å²) in [4.78, 5) is 37.2. The molecule has 1 N–H and O–H groups in total. The summed E-state index contributed by atoms with van der Waals surface area (Å²) in [5, 5.41) is 5.93. The average Bonchev–Trinajstić information content (AvgIpc) is 2.79. The number of carbonyl (C=O) groups excluding carboxylic acids is 2. The van der Waals surface area contributed by atoms with Crippen molar-refractivity contribution in [2.24, 2.45) is 0 Å². The zero-order valence-corrected chi connectivity index (χ0v) is 18.6. The number of nitrogens with one attached hydrogen (secondary N) is 1. The van der Waals surface area contributed by atoms with Crippen LogP contribution in [-0.4, -0.2) is 34.9 Å². The van der Waals surface area contributed by atoms with E-state index in [1.165, 1.54) is 19.1 Å². The molecule has 1 heterocycles. The molecular formula is C22H16ClF4N3O5. The molecule has 0 unspecified atom stereocenters. The van der Waals surface area contributed by atoms with Crippen molar-refractivity contribution in [1.82, 2.24) is 9.78 Å². The van der Waals surface area contributed by atoms with E-state index < -0.39 is 53.0 Å². The number of nitrogens with zero attached hydrogens (tertiary/aromatic N) is 2. The lowest BCUT2D eigenvalue weighted by Gasteiger charge is -2.14. The standard InChI is InChI=1S/C22H16ClF4N3O5/c1-2-34-21(33)20-17(10-19(32)30(29-20)14-6-4-13(24)5-7-14)35-11-18(31)28-16-9-12(22(25,26)27)3-8-15(16)23/h3-10H,2,11H2,1H3,(H,28,31). The molecule has 3 rings (SSSR count). The average molecular weight is 514 g/mol. The maximum Gasteiger partial charge on any atom is 0.416 e. The molecule has 0 bridgehead atoms. The normalized spacial score (nSPS) is 11.1. The zero-order valence-electron chi connectivity index (χ0n) is 17.9. The van der Waals surface area contributed by atoms with Gasteiger partial charge in [0, 0.05) is 0 Å². The first-order chi connectivity index (χ1) is 16.5. The molecule has 0 aliphatic carbocycles. The number of alkyl halides is 3. The van der Waals surface area contributed by atoms with Gasteiger partial charge in [-0.3, -0.25) is 9.59 Å². The predicted molar refractivity (Wildman–Crippen MR) is 116 cm³/mol. The number of benzene rings is 2. The van der Waals surface area contributed by atoms with Gasteiger partial charge in [-0.1, -0.05) is 11.6 Å². The van der Waals surface area contributed by atoms with Gasteiger partial charge in [0.25, 0.3) is 11.5 Å². The fraction of sp³-hybridized carbons (Fsp3) is 0.182. The Kier molecular flexibility index (Phi) is 7.75. The summed E-state index contributed by atoms with van der Waals surface area (Å²) in [6.07, 6.45) is -4.66. The molecule has 1 amide bonds. The van der Waals surface area contributed by atoms with Crippen molar-refractivity contribution in [1.29, 1.82) is 0 Å². The van der Waals surface area contributed by atoms with E-state index in [4.69, 9.17) is 21.1 Å². The van der Waals surface area contributed by atoms with Gasteiger partial charge in [-0.15, -0.1) is 0 Å². The van der Waals surface area contributed by atoms with Crippen LogP contribution in [-0.2, 0) is 15.7 Å². The van der Waals surface area contributed by atoms with Crippen LogP contribution in [0.25, 0.3) is 5.69 Å². The Morgan fingerprint density at radius 2 is 1.80 bits per heavy atom. The topological polar surface area (TPSA) is 99.5 Å². The number of anilines is 1. The van der Waals surface area contributed by atoms with Crippen LogP contribution in [0.1, 0.15) is 23.0 Å². The minimum Gasteiger partial charge on any atom is -0.481 e. The molecule has 0 radical (unpaired) electrons. The second-order valence-electron chi connectivity index (χ2n) is 6.83. The second-order valence-corrected chi connectivity index (χ2v) is 7.24. The quantitative estimate of drug-likeness (QED) is 0.375. The minimum atomic E-state index is -4.66. The highest BCUT2D eigenvalue weighted by Gasteiger charge is 2.31. The summed E-state index contributed by atoms with van der Waals surface area (Å²) in [5.74, 6) is -2.86. The summed E-state index contributed by atoms with van der Waals surface area (Å²) in [6.45, 7) is 0.686. The number of esters is 1. The lowest BCUT2D eigenvalue weighted by Crippen LogP contribution is -2.27. The Hall–Kier alpha value is -3.93. The highest BCUT2D eigenvalue weighted by molar-refractivity contribution is 6.33. The summed E-state index contributed by atoms with van der Waals surface area (Å²) in [7, 11) is 0. The monoisotopic (exact) mass is 513 g/mol. The Morgan fingerprint density at radius 1 is 1.11 bits per heavy atom. The molecule has 13 heteroatoms. The van der Waals surface area contributed by atoms with Gasteiger partial charge in [-0.25, -0.2) is 9.18 Å². The molecule has 8 nitrogen and oxygen atoms in total. The van der Waals surface area contributed by atoms with Gasteiger partial charge in [0.15, 0.2) is 12.4 Å². The molecule has 0 spiro atoms. The van der Waals surface area contributed by atoms with Crippen LogP contribution in [0.3, 0.4) is 0 Å². The molecule has 0 fully saturated rings.